The van der Waals surface area contributed by atoms with Crippen molar-refractivity contribution in [2.24, 2.45) is 0 Å². The molecule has 0 unspecified atom stereocenters. The molecule has 0 atom stereocenters. The molecule has 1 aromatic carbocycles. The summed E-state index contributed by atoms with van der Waals surface area (Å²) in [6.45, 7) is 2.87. The van der Waals surface area contributed by atoms with Crippen LogP contribution < -0.4 is 10.6 Å². The normalized spacial score (nSPS) is 13.2. The van der Waals surface area contributed by atoms with E-state index in [1.807, 2.05) is 37.3 Å². The lowest BCUT2D eigenvalue weighted by molar-refractivity contribution is 0.102. The number of fused-ring (bicyclic) bond motifs is 1. The van der Waals surface area contributed by atoms with E-state index in [1.54, 1.807) is 0 Å². The molecule has 0 fully saturated rings. The predicted octanol–water partition coefficient (Wildman–Crippen LogP) is 3.76. The second-order valence-corrected chi connectivity index (χ2v) is 5.94. The highest BCUT2D eigenvalue weighted by Gasteiger charge is 2.13. The van der Waals surface area contributed by atoms with Crippen LogP contribution in [0.2, 0.25) is 0 Å². The van der Waals surface area contributed by atoms with Gasteiger partial charge in [-0.05, 0) is 71.6 Å². The number of hydrogen-bond acceptors (Lipinski definition) is 3. The number of rotatable bonds is 2. The van der Waals surface area contributed by atoms with Gasteiger partial charge in [0, 0.05) is 17.8 Å². The zero-order chi connectivity index (χ0) is 14.8. The summed E-state index contributed by atoms with van der Waals surface area (Å²) in [7, 11) is 0. The van der Waals surface area contributed by atoms with E-state index in [0.717, 1.165) is 41.1 Å². The first-order valence-corrected chi connectivity index (χ1v) is 7.74. The van der Waals surface area contributed by atoms with E-state index in [1.165, 1.54) is 5.56 Å². The zero-order valence-corrected chi connectivity index (χ0v) is 13.3. The van der Waals surface area contributed by atoms with Crippen LogP contribution in [0.25, 0.3) is 0 Å². The molecule has 1 aliphatic rings. The summed E-state index contributed by atoms with van der Waals surface area (Å²) < 4.78 is 0.762. The summed E-state index contributed by atoms with van der Waals surface area (Å²) >= 11 is 3.32. The van der Waals surface area contributed by atoms with Crippen LogP contribution in [0.4, 0.5) is 11.4 Å². The van der Waals surface area contributed by atoms with E-state index in [4.69, 9.17) is 0 Å². The summed E-state index contributed by atoms with van der Waals surface area (Å²) in [5.41, 5.74) is 4.55. The third-order valence-electron chi connectivity index (χ3n) is 3.61. The fourth-order valence-corrected chi connectivity index (χ4v) is 2.87. The van der Waals surface area contributed by atoms with Gasteiger partial charge in [0.25, 0.3) is 5.91 Å². The number of hydrogen-bond donors (Lipinski definition) is 2. The molecule has 2 heterocycles. The first-order chi connectivity index (χ1) is 10.1. The molecule has 2 aromatic rings. The molecule has 1 aliphatic heterocycles. The van der Waals surface area contributed by atoms with E-state index in [0.29, 0.717) is 5.56 Å². The van der Waals surface area contributed by atoms with Crippen LogP contribution in [0.5, 0.6) is 0 Å². The Morgan fingerprint density at radius 2 is 2.19 bits per heavy atom. The van der Waals surface area contributed by atoms with Crippen molar-refractivity contribution in [3.05, 3.63) is 51.8 Å². The first-order valence-electron chi connectivity index (χ1n) is 6.95. The molecule has 21 heavy (non-hydrogen) atoms. The lowest BCUT2D eigenvalue weighted by atomic mass is 10.0. The van der Waals surface area contributed by atoms with Gasteiger partial charge in [-0.15, -0.1) is 0 Å². The summed E-state index contributed by atoms with van der Waals surface area (Å²) in [4.78, 5) is 16.6. The van der Waals surface area contributed by atoms with Gasteiger partial charge >= 0.3 is 0 Å². The number of nitrogens with one attached hydrogen (secondary N) is 2. The largest absolute Gasteiger partial charge is 0.385 e. The van der Waals surface area contributed by atoms with Crippen molar-refractivity contribution < 1.29 is 4.79 Å². The van der Waals surface area contributed by atoms with Gasteiger partial charge in [0.2, 0.25) is 0 Å². The average molecular weight is 346 g/mol. The van der Waals surface area contributed by atoms with Crippen molar-refractivity contribution in [3.8, 4) is 0 Å². The molecule has 0 saturated carbocycles. The van der Waals surface area contributed by atoms with Gasteiger partial charge in [-0.3, -0.25) is 4.79 Å². The standard InChI is InChI=1S/C16H16BrN3O/c1-10-13(6-7-15(17)19-10)20-16(21)12-4-5-14-11(9-12)3-2-8-18-14/h4-7,9,18H,2-3,8H2,1H3,(H,20,21). The summed E-state index contributed by atoms with van der Waals surface area (Å²) in [5, 5.41) is 6.26. The molecule has 0 bridgehead atoms. The quantitative estimate of drug-likeness (QED) is 0.814. The number of aromatic nitrogens is 1. The first kappa shape index (κ1) is 14.1. The molecule has 0 radical (unpaired) electrons. The second-order valence-electron chi connectivity index (χ2n) is 5.12. The van der Waals surface area contributed by atoms with E-state index in [-0.39, 0.29) is 5.91 Å². The molecule has 0 aliphatic carbocycles. The van der Waals surface area contributed by atoms with Crippen LogP contribution in [0.1, 0.15) is 28.0 Å². The van der Waals surface area contributed by atoms with Gasteiger partial charge in [-0.1, -0.05) is 0 Å². The number of amides is 1. The molecule has 1 aromatic heterocycles. The average Bonchev–Trinajstić information content (AvgIpc) is 2.49. The molecule has 4 nitrogen and oxygen atoms in total. The number of anilines is 2. The van der Waals surface area contributed by atoms with E-state index >= 15 is 0 Å². The van der Waals surface area contributed by atoms with E-state index in [9.17, 15) is 4.79 Å². The third-order valence-corrected chi connectivity index (χ3v) is 4.05. The van der Waals surface area contributed by atoms with E-state index in [2.05, 4.69) is 31.5 Å². The van der Waals surface area contributed by atoms with Crippen molar-refractivity contribution in [3.63, 3.8) is 0 Å². The highest BCUT2D eigenvalue weighted by atomic mass is 79.9. The highest BCUT2D eigenvalue weighted by Crippen LogP contribution is 2.24. The van der Waals surface area contributed by atoms with Gasteiger partial charge in [0.05, 0.1) is 11.4 Å². The van der Waals surface area contributed by atoms with Crippen LogP contribution >= 0.6 is 15.9 Å². The van der Waals surface area contributed by atoms with Crippen molar-refractivity contribution in [2.75, 3.05) is 17.2 Å². The maximum absolute atomic E-state index is 12.4. The Morgan fingerprint density at radius 3 is 3.00 bits per heavy atom. The number of pyridine rings is 1. The number of halogens is 1. The SMILES string of the molecule is Cc1nc(Br)ccc1NC(=O)c1ccc2c(c1)CCCN2. The number of carbonyl (C=O) groups excluding carboxylic acids is 1. The monoisotopic (exact) mass is 345 g/mol. The van der Waals surface area contributed by atoms with Crippen molar-refractivity contribution >= 4 is 33.2 Å². The minimum atomic E-state index is -0.101. The Labute approximate surface area is 132 Å². The van der Waals surface area contributed by atoms with Crippen LogP contribution in [-0.4, -0.2) is 17.4 Å². The van der Waals surface area contributed by atoms with Gasteiger partial charge in [-0.2, -0.15) is 0 Å². The lowest BCUT2D eigenvalue weighted by Gasteiger charge is -2.18. The Morgan fingerprint density at radius 1 is 1.33 bits per heavy atom. The Kier molecular flexibility index (Phi) is 3.92. The predicted molar refractivity (Wildman–Crippen MR) is 87.9 cm³/mol. The zero-order valence-electron chi connectivity index (χ0n) is 11.7. The van der Waals surface area contributed by atoms with Gasteiger partial charge < -0.3 is 10.6 Å². The van der Waals surface area contributed by atoms with Crippen LogP contribution in [-0.2, 0) is 6.42 Å². The minimum Gasteiger partial charge on any atom is -0.385 e. The number of nitrogens with zero attached hydrogens (tertiary/aromatic N) is 1. The van der Waals surface area contributed by atoms with Crippen LogP contribution in [0.3, 0.4) is 0 Å². The molecule has 1 amide bonds. The molecule has 5 heteroatoms. The fourth-order valence-electron chi connectivity index (χ4n) is 2.47. The summed E-state index contributed by atoms with van der Waals surface area (Å²) in [6, 6.07) is 9.48. The van der Waals surface area contributed by atoms with Crippen LogP contribution in [0, 0.1) is 6.92 Å². The highest BCUT2D eigenvalue weighted by molar-refractivity contribution is 9.10. The third kappa shape index (κ3) is 3.08. The topological polar surface area (TPSA) is 54.0 Å². The summed E-state index contributed by atoms with van der Waals surface area (Å²) in [6.07, 6.45) is 2.12. The second kappa shape index (κ2) is 5.85. The summed E-state index contributed by atoms with van der Waals surface area (Å²) in [5.74, 6) is -0.101. The van der Waals surface area contributed by atoms with Crippen molar-refractivity contribution in [1.82, 2.24) is 4.98 Å². The molecule has 0 spiro atoms. The lowest BCUT2D eigenvalue weighted by Crippen LogP contribution is -2.16. The molecule has 3 rings (SSSR count). The minimum absolute atomic E-state index is 0.101. The van der Waals surface area contributed by atoms with Crippen LogP contribution in [0.15, 0.2) is 34.9 Å². The molecular formula is C16H16BrN3O. The van der Waals surface area contributed by atoms with Gasteiger partial charge in [0.15, 0.2) is 0 Å². The Balaban J connectivity index is 1.82. The molecule has 0 saturated heterocycles. The van der Waals surface area contributed by atoms with Gasteiger partial charge in [0.1, 0.15) is 4.60 Å². The van der Waals surface area contributed by atoms with Crippen molar-refractivity contribution in [1.29, 1.82) is 0 Å². The maximum Gasteiger partial charge on any atom is 0.255 e. The Bertz CT molecular complexity index is 700. The molecular weight excluding hydrogens is 330 g/mol. The maximum atomic E-state index is 12.4. The smallest absolute Gasteiger partial charge is 0.255 e. The number of aryl methyl sites for hydroxylation is 2. The molecule has 108 valence electrons. The van der Waals surface area contributed by atoms with E-state index < -0.39 is 0 Å². The number of benzene rings is 1. The number of carbonyl (C=O) groups is 1. The molecule has 2 N–H and O–H groups in total. The van der Waals surface area contributed by atoms with Crippen molar-refractivity contribution in [2.45, 2.75) is 19.8 Å². The van der Waals surface area contributed by atoms with Gasteiger partial charge in [-0.25, -0.2) is 4.98 Å². The Hall–Kier alpha value is -1.88. The fraction of sp³-hybridized carbons (Fsp3) is 0.250.